The summed E-state index contributed by atoms with van der Waals surface area (Å²) in [5.74, 6) is 0.600. The largest absolute Gasteiger partial charge is 0.493 e. The van der Waals surface area contributed by atoms with Crippen LogP contribution in [-0.4, -0.2) is 56.1 Å². The number of nitrogens with zero attached hydrogens (tertiary/aromatic N) is 1. The molecule has 1 heterocycles. The van der Waals surface area contributed by atoms with Crippen LogP contribution in [0.3, 0.4) is 0 Å². The molecule has 0 bridgehead atoms. The second-order valence-electron chi connectivity index (χ2n) is 5.43. The molecule has 1 fully saturated rings. The molecule has 2 atom stereocenters. The molecule has 3 N–H and O–H groups in total. The summed E-state index contributed by atoms with van der Waals surface area (Å²) in [6.45, 7) is 2.71. The molecule has 0 aliphatic carbocycles. The number of nitrogens with one attached hydrogen (secondary N) is 1. The highest BCUT2D eigenvalue weighted by Gasteiger charge is 2.38. The van der Waals surface area contributed by atoms with Crippen molar-refractivity contribution in [1.29, 1.82) is 0 Å². The first-order chi connectivity index (χ1) is 11.0. The maximum absolute atomic E-state index is 12.8. The van der Waals surface area contributed by atoms with E-state index in [2.05, 4.69) is 5.32 Å². The number of amides is 2. The fraction of sp³-hybridized carbons (Fsp3) is 0.500. The van der Waals surface area contributed by atoms with Gasteiger partial charge in [-0.3, -0.25) is 9.59 Å². The lowest BCUT2D eigenvalue weighted by Crippen LogP contribution is -2.45. The Hall–Kier alpha value is -2.28. The first-order valence-corrected chi connectivity index (χ1v) is 7.58. The summed E-state index contributed by atoms with van der Waals surface area (Å²) < 4.78 is 10.4. The third-order valence-electron chi connectivity index (χ3n) is 3.88. The standard InChI is InChI=1S/C16H23N3O4/c1-4-18-15(20)12-8-11(17)9-19(12)16(21)10-5-6-13(22-2)14(7-10)23-3/h5-7,11-12H,4,8-9,17H2,1-3H3,(H,18,20). The zero-order valence-corrected chi connectivity index (χ0v) is 13.7. The Morgan fingerprint density at radius 1 is 1.30 bits per heavy atom. The van der Waals surface area contributed by atoms with E-state index in [9.17, 15) is 9.59 Å². The van der Waals surface area contributed by atoms with E-state index in [1.807, 2.05) is 6.92 Å². The van der Waals surface area contributed by atoms with Crippen molar-refractivity contribution in [2.75, 3.05) is 27.3 Å². The fourth-order valence-electron chi connectivity index (χ4n) is 2.77. The summed E-state index contributed by atoms with van der Waals surface area (Å²) >= 11 is 0. The first kappa shape index (κ1) is 17.1. The Morgan fingerprint density at radius 3 is 2.61 bits per heavy atom. The molecule has 1 aliphatic rings. The van der Waals surface area contributed by atoms with Gasteiger partial charge in [-0.2, -0.15) is 0 Å². The van der Waals surface area contributed by atoms with Gasteiger partial charge in [-0.05, 0) is 31.5 Å². The lowest BCUT2D eigenvalue weighted by Gasteiger charge is -2.24. The molecule has 7 heteroatoms. The van der Waals surface area contributed by atoms with E-state index >= 15 is 0 Å². The number of hydrogen-bond donors (Lipinski definition) is 2. The van der Waals surface area contributed by atoms with Gasteiger partial charge in [-0.1, -0.05) is 0 Å². The number of ether oxygens (including phenoxy) is 2. The SMILES string of the molecule is CCNC(=O)C1CC(N)CN1C(=O)c1ccc(OC)c(OC)c1. The molecule has 0 aromatic heterocycles. The van der Waals surface area contributed by atoms with Gasteiger partial charge in [0, 0.05) is 24.7 Å². The van der Waals surface area contributed by atoms with Crippen molar-refractivity contribution >= 4 is 11.8 Å². The Balaban J connectivity index is 2.25. The molecular weight excluding hydrogens is 298 g/mol. The van der Waals surface area contributed by atoms with E-state index < -0.39 is 6.04 Å². The van der Waals surface area contributed by atoms with Crippen molar-refractivity contribution in [1.82, 2.24) is 10.2 Å². The Bertz CT molecular complexity index is 591. The molecule has 1 aromatic carbocycles. The Kier molecular flexibility index (Phi) is 5.44. The molecule has 2 unspecified atom stereocenters. The van der Waals surface area contributed by atoms with Gasteiger partial charge in [0.05, 0.1) is 14.2 Å². The van der Waals surface area contributed by atoms with Gasteiger partial charge in [-0.15, -0.1) is 0 Å². The van der Waals surface area contributed by atoms with E-state index in [0.717, 1.165) is 0 Å². The number of hydrogen-bond acceptors (Lipinski definition) is 5. The zero-order valence-electron chi connectivity index (χ0n) is 13.7. The van der Waals surface area contributed by atoms with E-state index in [-0.39, 0.29) is 17.9 Å². The number of likely N-dealkylation sites (tertiary alicyclic amines) is 1. The highest BCUT2D eigenvalue weighted by molar-refractivity contribution is 5.98. The number of rotatable bonds is 5. The minimum absolute atomic E-state index is 0.172. The molecule has 23 heavy (non-hydrogen) atoms. The van der Waals surface area contributed by atoms with Gasteiger partial charge >= 0.3 is 0 Å². The number of likely N-dealkylation sites (N-methyl/N-ethyl adjacent to an activating group) is 1. The topological polar surface area (TPSA) is 93.9 Å². The lowest BCUT2D eigenvalue weighted by molar-refractivity contribution is -0.124. The van der Waals surface area contributed by atoms with E-state index in [1.54, 1.807) is 18.2 Å². The van der Waals surface area contributed by atoms with Gasteiger partial charge < -0.3 is 25.4 Å². The van der Waals surface area contributed by atoms with Gasteiger partial charge in [0.2, 0.25) is 5.91 Å². The average Bonchev–Trinajstić information content (AvgIpc) is 2.95. The number of carbonyl (C=O) groups excluding carboxylic acids is 2. The van der Waals surface area contributed by atoms with Crippen molar-refractivity contribution < 1.29 is 19.1 Å². The van der Waals surface area contributed by atoms with Crippen molar-refractivity contribution in [3.05, 3.63) is 23.8 Å². The summed E-state index contributed by atoms with van der Waals surface area (Å²) in [6, 6.07) is 4.20. The molecule has 1 saturated heterocycles. The van der Waals surface area contributed by atoms with Gasteiger partial charge in [0.15, 0.2) is 11.5 Å². The monoisotopic (exact) mass is 321 g/mol. The molecule has 0 spiro atoms. The third-order valence-corrected chi connectivity index (χ3v) is 3.88. The molecular formula is C16H23N3O4. The summed E-state index contributed by atoms with van der Waals surface area (Å²) in [6.07, 6.45) is 0.463. The van der Waals surface area contributed by atoms with Crippen molar-refractivity contribution in [3.8, 4) is 11.5 Å². The van der Waals surface area contributed by atoms with Crippen LogP contribution in [0.1, 0.15) is 23.7 Å². The quantitative estimate of drug-likeness (QED) is 0.818. The van der Waals surface area contributed by atoms with Crippen LogP contribution >= 0.6 is 0 Å². The van der Waals surface area contributed by atoms with E-state index in [4.69, 9.17) is 15.2 Å². The normalized spacial score (nSPS) is 20.3. The van der Waals surface area contributed by atoms with Crippen molar-refractivity contribution in [3.63, 3.8) is 0 Å². The number of carbonyl (C=O) groups is 2. The lowest BCUT2D eigenvalue weighted by atomic mass is 10.1. The fourth-order valence-corrected chi connectivity index (χ4v) is 2.77. The van der Waals surface area contributed by atoms with Crippen LogP contribution in [0.4, 0.5) is 0 Å². The molecule has 1 aromatic rings. The smallest absolute Gasteiger partial charge is 0.254 e. The predicted molar refractivity (Wildman–Crippen MR) is 85.6 cm³/mol. The number of benzene rings is 1. The van der Waals surface area contributed by atoms with Gasteiger partial charge in [0.25, 0.3) is 5.91 Å². The first-order valence-electron chi connectivity index (χ1n) is 7.58. The minimum Gasteiger partial charge on any atom is -0.493 e. The van der Waals surface area contributed by atoms with Gasteiger partial charge in [-0.25, -0.2) is 0 Å². The summed E-state index contributed by atoms with van der Waals surface area (Å²) in [7, 11) is 3.04. The highest BCUT2D eigenvalue weighted by atomic mass is 16.5. The second-order valence-corrected chi connectivity index (χ2v) is 5.43. The predicted octanol–water partition coefficient (Wildman–Crippen LogP) is 0.382. The van der Waals surface area contributed by atoms with E-state index in [0.29, 0.717) is 36.6 Å². The van der Waals surface area contributed by atoms with Crippen molar-refractivity contribution in [2.45, 2.75) is 25.4 Å². The zero-order chi connectivity index (χ0) is 17.0. The van der Waals surface area contributed by atoms with Crippen LogP contribution in [0, 0.1) is 0 Å². The average molecular weight is 321 g/mol. The summed E-state index contributed by atoms with van der Waals surface area (Å²) in [4.78, 5) is 26.5. The molecule has 1 aliphatic heterocycles. The maximum atomic E-state index is 12.8. The Morgan fingerprint density at radius 2 is 2.00 bits per heavy atom. The second kappa shape index (κ2) is 7.32. The van der Waals surface area contributed by atoms with Crippen LogP contribution in [0.15, 0.2) is 18.2 Å². The van der Waals surface area contributed by atoms with E-state index in [1.165, 1.54) is 19.1 Å². The van der Waals surface area contributed by atoms with Crippen LogP contribution in [0.5, 0.6) is 11.5 Å². The summed E-state index contributed by atoms with van der Waals surface area (Å²) in [5.41, 5.74) is 6.38. The molecule has 2 amide bonds. The highest BCUT2D eigenvalue weighted by Crippen LogP contribution is 2.29. The van der Waals surface area contributed by atoms with Crippen LogP contribution < -0.4 is 20.5 Å². The van der Waals surface area contributed by atoms with Crippen LogP contribution in [0.2, 0.25) is 0 Å². The van der Waals surface area contributed by atoms with Crippen molar-refractivity contribution in [2.24, 2.45) is 5.73 Å². The number of nitrogens with two attached hydrogens (primary N) is 1. The molecule has 126 valence electrons. The molecule has 0 saturated carbocycles. The van der Waals surface area contributed by atoms with Crippen LogP contribution in [0.25, 0.3) is 0 Å². The van der Waals surface area contributed by atoms with Gasteiger partial charge in [0.1, 0.15) is 6.04 Å². The molecule has 0 radical (unpaired) electrons. The molecule has 2 rings (SSSR count). The molecule has 7 nitrogen and oxygen atoms in total. The number of methoxy groups -OCH3 is 2. The maximum Gasteiger partial charge on any atom is 0.254 e. The third kappa shape index (κ3) is 3.56. The van der Waals surface area contributed by atoms with Crippen LogP contribution in [-0.2, 0) is 4.79 Å². The Labute approximate surface area is 135 Å². The minimum atomic E-state index is -0.537. The summed E-state index contributed by atoms with van der Waals surface area (Å²) in [5, 5.41) is 2.75.